The van der Waals surface area contributed by atoms with E-state index >= 15 is 0 Å². The summed E-state index contributed by atoms with van der Waals surface area (Å²) in [6.45, 7) is 4.50. The summed E-state index contributed by atoms with van der Waals surface area (Å²) < 4.78 is 36.9. The Morgan fingerprint density at radius 1 is 1.26 bits per heavy atom. The maximum Gasteiger partial charge on any atom is 0.490 e. The number of carboxylic acids is 2. The molecule has 0 spiro atoms. The minimum atomic E-state index is -5.08. The second kappa shape index (κ2) is 9.26. The van der Waals surface area contributed by atoms with Gasteiger partial charge < -0.3 is 20.1 Å². The van der Waals surface area contributed by atoms with E-state index in [4.69, 9.17) is 31.1 Å². The number of hydrogen-bond acceptors (Lipinski definition) is 5. The summed E-state index contributed by atoms with van der Waals surface area (Å²) in [7, 11) is 0. The zero-order valence-corrected chi connectivity index (χ0v) is 14.9. The third-order valence-corrected chi connectivity index (χ3v) is 3.40. The lowest BCUT2D eigenvalue weighted by molar-refractivity contribution is -0.192. The lowest BCUT2D eigenvalue weighted by Crippen LogP contribution is -2.21. The predicted octanol–water partition coefficient (Wildman–Crippen LogP) is 4.40. The van der Waals surface area contributed by atoms with Crippen molar-refractivity contribution in [1.82, 2.24) is 5.16 Å². The van der Waals surface area contributed by atoms with Gasteiger partial charge in [0.25, 0.3) is 0 Å². The van der Waals surface area contributed by atoms with Crippen LogP contribution in [0.3, 0.4) is 0 Å². The summed E-state index contributed by atoms with van der Waals surface area (Å²) in [6.07, 6.45) is -5.08. The molecule has 27 heavy (non-hydrogen) atoms. The molecule has 2 aromatic rings. The quantitative estimate of drug-likeness (QED) is 0.672. The van der Waals surface area contributed by atoms with Crippen LogP contribution in [0.2, 0.25) is 5.02 Å². The Morgan fingerprint density at radius 2 is 1.85 bits per heavy atom. The van der Waals surface area contributed by atoms with Crippen LogP contribution < -0.4 is 5.32 Å². The van der Waals surface area contributed by atoms with E-state index < -0.39 is 18.1 Å². The number of rotatable bonds is 5. The molecule has 0 saturated heterocycles. The second-order valence-corrected chi connectivity index (χ2v) is 5.94. The maximum atomic E-state index is 11.0. The number of anilines is 1. The fraction of sp³-hybridized carbons (Fsp3) is 0.312. The first-order valence-corrected chi connectivity index (χ1v) is 7.82. The third-order valence-electron chi connectivity index (χ3n) is 3.07. The summed E-state index contributed by atoms with van der Waals surface area (Å²) in [5.74, 6) is -2.81. The number of carbonyl (C=O) groups is 2. The molecule has 2 rings (SSSR count). The molecule has 3 N–H and O–H groups in total. The number of hydrogen-bond donors (Lipinski definition) is 3. The molecule has 0 aliphatic carbocycles. The first kappa shape index (κ1) is 22.3. The molecule has 0 amide bonds. The molecule has 7 nitrogen and oxygen atoms in total. The molecule has 1 aromatic heterocycles. The number of alkyl halides is 3. The number of aromatic carboxylic acids is 1. The van der Waals surface area contributed by atoms with E-state index in [1.54, 1.807) is 12.1 Å². The first-order chi connectivity index (χ1) is 12.4. The highest BCUT2D eigenvalue weighted by Crippen LogP contribution is 2.21. The average molecular weight is 409 g/mol. The van der Waals surface area contributed by atoms with E-state index in [0.717, 1.165) is 5.69 Å². The van der Waals surface area contributed by atoms with Gasteiger partial charge >= 0.3 is 18.1 Å². The van der Waals surface area contributed by atoms with Crippen LogP contribution in [0.1, 0.15) is 41.6 Å². The van der Waals surface area contributed by atoms with E-state index in [2.05, 4.69) is 10.5 Å². The largest absolute Gasteiger partial charge is 0.490 e. The topological polar surface area (TPSA) is 113 Å². The summed E-state index contributed by atoms with van der Waals surface area (Å²) >= 11 is 5.81. The van der Waals surface area contributed by atoms with Crippen molar-refractivity contribution in [2.45, 2.75) is 32.5 Å². The number of benzene rings is 1. The number of aromatic nitrogens is 1. The van der Waals surface area contributed by atoms with Crippen molar-refractivity contribution in [2.24, 2.45) is 0 Å². The molecule has 0 radical (unpaired) electrons. The zero-order chi connectivity index (χ0) is 20.8. The molecule has 148 valence electrons. The minimum Gasteiger partial charge on any atom is -0.478 e. The van der Waals surface area contributed by atoms with E-state index in [1.807, 2.05) is 19.9 Å². The monoisotopic (exact) mass is 408 g/mol. The van der Waals surface area contributed by atoms with Gasteiger partial charge in [0.2, 0.25) is 0 Å². The molecule has 0 bridgehead atoms. The Hall–Kier alpha value is -2.75. The Balaban J connectivity index is 0.000000445. The highest BCUT2D eigenvalue weighted by molar-refractivity contribution is 6.33. The Kier molecular flexibility index (Phi) is 7.65. The number of aliphatic carboxylic acids is 1. The molecule has 0 fully saturated rings. The Labute approximate surface area is 156 Å². The van der Waals surface area contributed by atoms with Gasteiger partial charge in [-0.2, -0.15) is 13.2 Å². The number of nitrogens with zero attached hydrogens (tertiary/aromatic N) is 1. The fourth-order valence-corrected chi connectivity index (χ4v) is 1.87. The van der Waals surface area contributed by atoms with Crippen LogP contribution >= 0.6 is 11.6 Å². The standard InChI is InChI=1S/C14H15ClN2O3.C2HF3O2/c1-8(2)13-6-10(20-17-13)7-16-9-3-4-12(15)11(5-9)14(18)19;3-2(4,5)1(6)7/h3-6,8,16H,7H2,1-2H3,(H,18,19);(H,6,7). The SMILES string of the molecule is CC(C)c1cc(CNc2ccc(Cl)c(C(=O)O)c2)on1.O=C(O)C(F)(F)F. The fourth-order valence-electron chi connectivity index (χ4n) is 1.67. The lowest BCUT2D eigenvalue weighted by atomic mass is 10.1. The van der Waals surface area contributed by atoms with E-state index in [-0.39, 0.29) is 10.6 Å². The van der Waals surface area contributed by atoms with Crippen molar-refractivity contribution in [3.8, 4) is 0 Å². The zero-order valence-electron chi connectivity index (χ0n) is 14.2. The van der Waals surface area contributed by atoms with Gasteiger partial charge in [-0.15, -0.1) is 0 Å². The van der Waals surface area contributed by atoms with Crippen molar-refractivity contribution >= 4 is 29.2 Å². The van der Waals surface area contributed by atoms with Crippen LogP contribution in [0.15, 0.2) is 28.8 Å². The van der Waals surface area contributed by atoms with Crippen LogP contribution in [0.5, 0.6) is 0 Å². The van der Waals surface area contributed by atoms with Crippen LogP contribution in [-0.4, -0.2) is 33.5 Å². The third kappa shape index (κ3) is 7.18. The van der Waals surface area contributed by atoms with E-state index in [9.17, 15) is 18.0 Å². The molecule has 0 aliphatic heterocycles. The molecule has 0 atom stereocenters. The van der Waals surface area contributed by atoms with E-state index in [1.165, 1.54) is 6.07 Å². The smallest absolute Gasteiger partial charge is 0.478 e. The van der Waals surface area contributed by atoms with Gasteiger partial charge in [-0.3, -0.25) is 0 Å². The average Bonchev–Trinajstić information content (AvgIpc) is 3.02. The number of nitrogens with one attached hydrogen (secondary N) is 1. The molecular weight excluding hydrogens is 393 g/mol. The molecular formula is C16H16ClF3N2O5. The van der Waals surface area contributed by atoms with E-state index in [0.29, 0.717) is 23.9 Å². The van der Waals surface area contributed by atoms with Crippen LogP contribution in [0.4, 0.5) is 18.9 Å². The van der Waals surface area contributed by atoms with Gasteiger partial charge in [-0.25, -0.2) is 9.59 Å². The lowest BCUT2D eigenvalue weighted by Gasteiger charge is -2.06. The normalized spacial score (nSPS) is 10.9. The molecule has 11 heteroatoms. The Bertz CT molecular complexity index is 806. The number of halogens is 4. The van der Waals surface area contributed by atoms with Crippen molar-refractivity contribution in [3.63, 3.8) is 0 Å². The van der Waals surface area contributed by atoms with Crippen LogP contribution in [0.25, 0.3) is 0 Å². The second-order valence-electron chi connectivity index (χ2n) is 5.53. The predicted molar refractivity (Wildman–Crippen MR) is 90.0 cm³/mol. The molecule has 0 unspecified atom stereocenters. The van der Waals surface area contributed by atoms with Gasteiger partial charge in [0.05, 0.1) is 22.8 Å². The molecule has 0 aliphatic rings. The van der Waals surface area contributed by atoms with Crippen LogP contribution in [0, 0.1) is 0 Å². The van der Waals surface area contributed by atoms with Crippen molar-refractivity contribution < 1.29 is 37.5 Å². The highest BCUT2D eigenvalue weighted by atomic mass is 35.5. The number of carboxylic acid groups (broad SMARTS) is 2. The van der Waals surface area contributed by atoms with Gasteiger partial charge in [0, 0.05) is 11.8 Å². The highest BCUT2D eigenvalue weighted by Gasteiger charge is 2.38. The van der Waals surface area contributed by atoms with Crippen molar-refractivity contribution in [3.05, 3.63) is 46.3 Å². The summed E-state index contributed by atoms with van der Waals surface area (Å²) in [6, 6.07) is 6.64. The van der Waals surface area contributed by atoms with Gasteiger partial charge in [0.15, 0.2) is 5.76 Å². The Morgan fingerprint density at radius 3 is 2.30 bits per heavy atom. The van der Waals surface area contributed by atoms with Gasteiger partial charge in [0.1, 0.15) is 0 Å². The van der Waals surface area contributed by atoms with Crippen molar-refractivity contribution in [2.75, 3.05) is 5.32 Å². The van der Waals surface area contributed by atoms with Crippen molar-refractivity contribution in [1.29, 1.82) is 0 Å². The summed E-state index contributed by atoms with van der Waals surface area (Å²) in [5, 5.41) is 23.4. The molecule has 1 aromatic carbocycles. The maximum absolute atomic E-state index is 11.0. The summed E-state index contributed by atoms with van der Waals surface area (Å²) in [4.78, 5) is 19.9. The summed E-state index contributed by atoms with van der Waals surface area (Å²) in [5.41, 5.74) is 1.62. The minimum absolute atomic E-state index is 0.0668. The van der Waals surface area contributed by atoms with Gasteiger partial charge in [-0.05, 0) is 24.1 Å². The first-order valence-electron chi connectivity index (χ1n) is 7.44. The molecule has 0 saturated carbocycles. The van der Waals surface area contributed by atoms with Gasteiger partial charge in [-0.1, -0.05) is 30.6 Å². The van der Waals surface area contributed by atoms with Crippen LogP contribution in [-0.2, 0) is 11.3 Å². The molecule has 1 heterocycles.